The molecule has 0 aliphatic heterocycles. The zero-order valence-corrected chi connectivity index (χ0v) is 10.5. The van der Waals surface area contributed by atoms with Gasteiger partial charge in [-0.05, 0) is 30.0 Å². The van der Waals surface area contributed by atoms with Gasteiger partial charge in [0.1, 0.15) is 4.83 Å². The van der Waals surface area contributed by atoms with Crippen LogP contribution in [0.25, 0.3) is 21.1 Å². The maximum Gasteiger partial charge on any atom is 0.123 e. The summed E-state index contributed by atoms with van der Waals surface area (Å²) >= 11 is 1.68. The summed E-state index contributed by atoms with van der Waals surface area (Å²) in [7, 11) is 0. The molecule has 3 rings (SSSR count). The van der Waals surface area contributed by atoms with Crippen LogP contribution in [0.4, 0.5) is 0 Å². The molecule has 0 aromatic carbocycles. The van der Waals surface area contributed by atoms with Crippen LogP contribution in [-0.4, -0.2) is 9.97 Å². The lowest BCUT2D eigenvalue weighted by Gasteiger charge is -1.99. The van der Waals surface area contributed by atoms with E-state index in [9.17, 15) is 0 Å². The number of nitrogens with zero attached hydrogens (tertiary/aromatic N) is 2. The van der Waals surface area contributed by atoms with Gasteiger partial charge in [-0.1, -0.05) is 13.8 Å². The van der Waals surface area contributed by atoms with Crippen molar-refractivity contribution < 1.29 is 0 Å². The van der Waals surface area contributed by atoms with Crippen LogP contribution in [0.3, 0.4) is 0 Å². The first kappa shape index (κ1) is 11.0. The van der Waals surface area contributed by atoms with Crippen LogP contribution in [0, 0.1) is 6.92 Å². The molecule has 0 radical (unpaired) electrons. The van der Waals surface area contributed by atoms with Gasteiger partial charge in [-0.3, -0.25) is 4.98 Å². The van der Waals surface area contributed by atoms with E-state index >= 15 is 0 Å². The molecule has 2 nitrogen and oxygen atoms in total. The predicted octanol–water partition coefficient (Wildman–Crippen LogP) is 4.18. The average Bonchev–Trinajstić information content (AvgIpc) is 2.77. The number of thiophene rings is 1. The number of hydrogen-bond donors (Lipinski definition) is 0. The van der Waals surface area contributed by atoms with Gasteiger partial charge in [-0.25, -0.2) is 4.98 Å². The van der Waals surface area contributed by atoms with Crippen LogP contribution in [0.5, 0.6) is 0 Å². The number of pyridine rings is 2. The molecule has 0 bridgehead atoms. The number of hydrogen-bond acceptors (Lipinski definition) is 3. The third-order valence-corrected chi connectivity index (χ3v) is 3.15. The Hall–Kier alpha value is -1.48. The highest BCUT2D eigenvalue weighted by Gasteiger charge is 2.02. The van der Waals surface area contributed by atoms with Crippen molar-refractivity contribution in [2.24, 2.45) is 0 Å². The van der Waals surface area contributed by atoms with E-state index in [1.165, 1.54) is 5.39 Å². The minimum absolute atomic E-state index is 1.06. The summed E-state index contributed by atoms with van der Waals surface area (Å²) < 4.78 is 0. The molecule has 0 N–H and O–H groups in total. The normalized spacial score (nSPS) is 10.2. The Bertz CT molecular complexity index is 613. The zero-order valence-electron chi connectivity index (χ0n) is 9.69. The molecule has 0 saturated carbocycles. The van der Waals surface area contributed by atoms with Crippen LogP contribution < -0.4 is 0 Å². The Labute approximate surface area is 99.0 Å². The first-order valence-electron chi connectivity index (χ1n) is 5.43. The molecule has 3 heterocycles. The molecule has 3 aromatic heterocycles. The van der Waals surface area contributed by atoms with Crippen LogP contribution in [0.1, 0.15) is 19.4 Å². The van der Waals surface area contributed by atoms with E-state index in [4.69, 9.17) is 0 Å². The minimum Gasteiger partial charge on any atom is -0.264 e. The SMILES string of the molecule is CC.Cc1cncc2cc3ccsc3nc12. The Balaban J connectivity index is 0.000000457. The first-order chi connectivity index (χ1) is 7.84. The van der Waals surface area contributed by atoms with Crippen LogP contribution in [0.2, 0.25) is 0 Å². The molecule has 0 amide bonds. The molecule has 0 saturated heterocycles. The summed E-state index contributed by atoms with van der Waals surface area (Å²) in [5, 5.41) is 4.39. The number of aryl methyl sites for hydroxylation is 1. The third kappa shape index (κ3) is 1.78. The molecule has 3 aromatic rings. The number of rotatable bonds is 0. The van der Waals surface area contributed by atoms with Crippen molar-refractivity contribution in [3.63, 3.8) is 0 Å². The molecule has 3 heteroatoms. The molecule has 0 spiro atoms. The quantitative estimate of drug-likeness (QED) is 0.579. The standard InChI is InChI=1S/C11H8N2S.C2H6/c1-7-5-12-6-9-4-8-2-3-14-11(8)13-10(7)9;1-2/h2-6H,1H3;1-2H3. The molecule has 82 valence electrons. The van der Waals surface area contributed by atoms with Crippen molar-refractivity contribution in [1.29, 1.82) is 0 Å². The van der Waals surface area contributed by atoms with Gasteiger partial charge in [-0.15, -0.1) is 11.3 Å². The third-order valence-electron chi connectivity index (χ3n) is 2.33. The summed E-state index contributed by atoms with van der Waals surface area (Å²) in [6.45, 7) is 6.04. The second-order valence-corrected chi connectivity index (χ2v) is 4.23. The molecule has 0 atom stereocenters. The Morgan fingerprint density at radius 1 is 1.12 bits per heavy atom. The number of aromatic nitrogens is 2. The van der Waals surface area contributed by atoms with E-state index < -0.39 is 0 Å². The highest BCUT2D eigenvalue weighted by molar-refractivity contribution is 7.16. The topological polar surface area (TPSA) is 25.8 Å². The second kappa shape index (κ2) is 4.58. The van der Waals surface area contributed by atoms with Crippen LogP contribution in [-0.2, 0) is 0 Å². The van der Waals surface area contributed by atoms with Crippen molar-refractivity contribution in [3.8, 4) is 0 Å². The lowest BCUT2D eigenvalue weighted by molar-refractivity contribution is 1.29. The van der Waals surface area contributed by atoms with Gasteiger partial charge in [0.05, 0.1) is 5.52 Å². The van der Waals surface area contributed by atoms with Gasteiger partial charge in [0, 0.05) is 23.2 Å². The molecular formula is C13H14N2S. The molecule has 16 heavy (non-hydrogen) atoms. The van der Waals surface area contributed by atoms with Crippen LogP contribution >= 0.6 is 11.3 Å². The van der Waals surface area contributed by atoms with E-state index in [0.717, 1.165) is 21.3 Å². The van der Waals surface area contributed by atoms with Crippen molar-refractivity contribution in [3.05, 3.63) is 35.5 Å². The van der Waals surface area contributed by atoms with Crippen molar-refractivity contribution in [2.45, 2.75) is 20.8 Å². The fraction of sp³-hybridized carbons (Fsp3) is 0.231. The van der Waals surface area contributed by atoms with E-state index in [2.05, 4.69) is 27.5 Å². The summed E-state index contributed by atoms with van der Waals surface area (Å²) in [4.78, 5) is 9.89. The monoisotopic (exact) mass is 230 g/mol. The van der Waals surface area contributed by atoms with E-state index in [-0.39, 0.29) is 0 Å². The highest BCUT2D eigenvalue weighted by atomic mass is 32.1. The van der Waals surface area contributed by atoms with E-state index in [1.54, 1.807) is 11.3 Å². The van der Waals surface area contributed by atoms with E-state index in [0.29, 0.717) is 0 Å². The zero-order chi connectivity index (χ0) is 11.5. The fourth-order valence-electron chi connectivity index (χ4n) is 1.62. The van der Waals surface area contributed by atoms with Gasteiger partial charge in [-0.2, -0.15) is 0 Å². The lowest BCUT2D eigenvalue weighted by Crippen LogP contribution is -1.84. The first-order valence-corrected chi connectivity index (χ1v) is 6.31. The lowest BCUT2D eigenvalue weighted by atomic mass is 10.2. The summed E-state index contributed by atoms with van der Waals surface area (Å²) in [5.74, 6) is 0. The smallest absolute Gasteiger partial charge is 0.123 e. The van der Waals surface area contributed by atoms with Crippen molar-refractivity contribution in [1.82, 2.24) is 9.97 Å². The summed E-state index contributed by atoms with van der Waals surface area (Å²) in [6, 6.07) is 4.24. The van der Waals surface area contributed by atoms with Gasteiger partial charge in [0.15, 0.2) is 0 Å². The average molecular weight is 230 g/mol. The highest BCUT2D eigenvalue weighted by Crippen LogP contribution is 2.24. The predicted molar refractivity (Wildman–Crippen MR) is 71.0 cm³/mol. The molecule has 0 aliphatic carbocycles. The summed E-state index contributed by atoms with van der Waals surface area (Å²) in [6.07, 6.45) is 3.72. The molecule has 0 aliphatic rings. The number of fused-ring (bicyclic) bond motifs is 2. The Morgan fingerprint density at radius 3 is 2.75 bits per heavy atom. The second-order valence-electron chi connectivity index (χ2n) is 3.33. The summed E-state index contributed by atoms with van der Waals surface area (Å²) in [5.41, 5.74) is 2.20. The maximum atomic E-state index is 4.62. The fourth-order valence-corrected chi connectivity index (χ4v) is 2.37. The molecule has 0 unspecified atom stereocenters. The molecular weight excluding hydrogens is 216 g/mol. The Kier molecular flexibility index (Phi) is 3.15. The van der Waals surface area contributed by atoms with Gasteiger partial charge in [0.25, 0.3) is 0 Å². The minimum atomic E-state index is 1.06. The maximum absolute atomic E-state index is 4.62. The largest absolute Gasteiger partial charge is 0.264 e. The Morgan fingerprint density at radius 2 is 1.94 bits per heavy atom. The van der Waals surface area contributed by atoms with Crippen LogP contribution in [0.15, 0.2) is 29.9 Å². The van der Waals surface area contributed by atoms with Gasteiger partial charge >= 0.3 is 0 Å². The van der Waals surface area contributed by atoms with E-state index in [1.807, 2.05) is 33.2 Å². The van der Waals surface area contributed by atoms with Crippen molar-refractivity contribution >= 4 is 32.5 Å². The molecule has 0 fully saturated rings. The van der Waals surface area contributed by atoms with Gasteiger partial charge in [0.2, 0.25) is 0 Å². The van der Waals surface area contributed by atoms with Crippen molar-refractivity contribution in [2.75, 3.05) is 0 Å². The van der Waals surface area contributed by atoms with Gasteiger partial charge < -0.3 is 0 Å².